The lowest BCUT2D eigenvalue weighted by molar-refractivity contribution is 0.0622. The molecule has 37 heavy (non-hydrogen) atoms. The molecule has 0 spiro atoms. The first-order chi connectivity index (χ1) is 17.7. The molecule has 0 aliphatic carbocycles. The minimum absolute atomic E-state index is 0.0144. The molecular weight excluding hydrogens is 495 g/mol. The van der Waals surface area contributed by atoms with Crippen molar-refractivity contribution in [1.29, 1.82) is 0 Å². The smallest absolute Gasteiger partial charge is 0.306 e. The van der Waals surface area contributed by atoms with Crippen LogP contribution in [-0.2, 0) is 16.7 Å². The van der Waals surface area contributed by atoms with E-state index in [1.807, 2.05) is 30.0 Å². The van der Waals surface area contributed by atoms with Crippen LogP contribution in [0.1, 0.15) is 35.7 Å². The van der Waals surface area contributed by atoms with Gasteiger partial charge in [0.2, 0.25) is 0 Å². The summed E-state index contributed by atoms with van der Waals surface area (Å²) in [6.45, 7) is 4.32. The lowest BCUT2D eigenvalue weighted by Crippen LogP contribution is -2.45. The molecular formula is C28H31FN2O5S. The van der Waals surface area contributed by atoms with E-state index in [9.17, 15) is 17.6 Å². The van der Waals surface area contributed by atoms with Gasteiger partial charge in [-0.05, 0) is 80.4 Å². The zero-order valence-electron chi connectivity index (χ0n) is 20.9. The number of benzene rings is 3. The summed E-state index contributed by atoms with van der Waals surface area (Å²) >= 11 is 0. The summed E-state index contributed by atoms with van der Waals surface area (Å²) < 4.78 is 47.5. The van der Waals surface area contributed by atoms with Gasteiger partial charge in [0.15, 0.2) is 0 Å². The average Bonchev–Trinajstić information content (AvgIpc) is 2.87. The number of nitrogens with zero attached hydrogens (tertiary/aromatic N) is 1. The van der Waals surface area contributed by atoms with Gasteiger partial charge in [-0.3, -0.25) is 4.79 Å². The predicted molar refractivity (Wildman–Crippen MR) is 141 cm³/mol. The van der Waals surface area contributed by atoms with Gasteiger partial charge >= 0.3 is 10.1 Å². The van der Waals surface area contributed by atoms with E-state index in [1.54, 1.807) is 24.3 Å². The van der Waals surface area contributed by atoms with Crippen LogP contribution in [0.2, 0.25) is 0 Å². The quantitative estimate of drug-likeness (QED) is 0.410. The van der Waals surface area contributed by atoms with Crippen LogP contribution in [0, 0.1) is 5.82 Å². The largest absolute Gasteiger partial charge is 0.493 e. The third kappa shape index (κ3) is 7.08. The van der Waals surface area contributed by atoms with E-state index in [4.69, 9.17) is 8.92 Å². The van der Waals surface area contributed by atoms with Crippen LogP contribution in [-0.4, -0.2) is 51.2 Å². The van der Waals surface area contributed by atoms with Crippen LogP contribution in [0.4, 0.5) is 4.39 Å². The second-order valence-corrected chi connectivity index (χ2v) is 10.6. The molecule has 7 nitrogen and oxygen atoms in total. The van der Waals surface area contributed by atoms with E-state index in [-0.39, 0.29) is 23.5 Å². The van der Waals surface area contributed by atoms with Gasteiger partial charge in [-0.2, -0.15) is 8.42 Å². The molecule has 0 bridgehead atoms. The van der Waals surface area contributed by atoms with Gasteiger partial charge in [0.05, 0.1) is 12.9 Å². The summed E-state index contributed by atoms with van der Waals surface area (Å²) in [5, 5.41) is 3.33. The Morgan fingerprint density at radius 2 is 1.78 bits per heavy atom. The highest BCUT2D eigenvalue weighted by Gasteiger charge is 2.27. The molecule has 0 aromatic heterocycles. The first kappa shape index (κ1) is 26.6. The molecule has 0 atom stereocenters. The van der Waals surface area contributed by atoms with E-state index in [2.05, 4.69) is 5.32 Å². The van der Waals surface area contributed by atoms with Crippen LogP contribution >= 0.6 is 0 Å². The number of nitrogens with one attached hydrogen (secondary N) is 1. The van der Waals surface area contributed by atoms with Crippen LogP contribution in [0.25, 0.3) is 11.1 Å². The van der Waals surface area contributed by atoms with Crippen LogP contribution in [0.3, 0.4) is 0 Å². The van der Waals surface area contributed by atoms with Gasteiger partial charge in [0.25, 0.3) is 5.91 Å². The first-order valence-electron chi connectivity index (χ1n) is 12.3. The fourth-order valence-corrected chi connectivity index (χ4v) is 4.96. The average molecular weight is 527 g/mol. The monoisotopic (exact) mass is 526 g/mol. The highest BCUT2D eigenvalue weighted by molar-refractivity contribution is 7.86. The number of ether oxygens (including phenoxy) is 1. The Kier molecular flexibility index (Phi) is 8.45. The van der Waals surface area contributed by atoms with Gasteiger partial charge in [-0.1, -0.05) is 30.3 Å². The molecule has 0 radical (unpaired) electrons. The lowest BCUT2D eigenvalue weighted by Gasteiger charge is -2.35. The molecule has 0 unspecified atom stereocenters. The Balaban J connectivity index is 1.65. The fraction of sp³-hybridized carbons (Fsp3) is 0.321. The molecule has 1 amide bonds. The summed E-state index contributed by atoms with van der Waals surface area (Å²) in [5.41, 5.74) is 2.93. The SMILES string of the molecule is CCOc1cc(CN(C(=O)c2cccc(OS(C)(=O)=O)c2)C2CCNCC2)ccc1-c1ccc(F)cc1. The summed E-state index contributed by atoms with van der Waals surface area (Å²) in [7, 11) is -3.72. The van der Waals surface area contributed by atoms with Crippen molar-refractivity contribution >= 4 is 16.0 Å². The molecule has 1 fully saturated rings. The maximum atomic E-state index is 13.7. The van der Waals surface area contributed by atoms with Crippen molar-refractivity contribution in [2.45, 2.75) is 32.4 Å². The summed E-state index contributed by atoms with van der Waals surface area (Å²) in [6.07, 6.45) is 2.57. The number of piperidine rings is 1. The highest BCUT2D eigenvalue weighted by atomic mass is 32.2. The molecule has 9 heteroatoms. The van der Waals surface area contributed by atoms with Crippen molar-refractivity contribution in [3.8, 4) is 22.6 Å². The number of carbonyl (C=O) groups is 1. The molecule has 1 saturated heterocycles. The number of carbonyl (C=O) groups excluding carboxylic acids is 1. The Labute approximate surface area is 217 Å². The Bertz CT molecular complexity index is 1340. The van der Waals surface area contributed by atoms with Gasteiger partial charge in [-0.15, -0.1) is 0 Å². The summed E-state index contributed by atoms with van der Waals surface area (Å²) in [5.74, 6) is 0.251. The fourth-order valence-electron chi connectivity index (χ4n) is 4.51. The van der Waals surface area contributed by atoms with Gasteiger partial charge < -0.3 is 19.1 Å². The number of halogens is 1. The molecule has 1 aliphatic rings. The predicted octanol–water partition coefficient (Wildman–Crippen LogP) is 4.62. The summed E-state index contributed by atoms with van der Waals surface area (Å²) in [6, 6.07) is 18.3. The molecule has 4 rings (SSSR count). The maximum absolute atomic E-state index is 13.7. The maximum Gasteiger partial charge on any atom is 0.306 e. The second-order valence-electron chi connectivity index (χ2n) is 9.00. The van der Waals surface area contributed by atoms with Crippen molar-refractivity contribution in [2.24, 2.45) is 0 Å². The number of rotatable bonds is 9. The number of hydrogen-bond donors (Lipinski definition) is 1. The third-order valence-corrected chi connectivity index (χ3v) is 6.69. The van der Waals surface area contributed by atoms with Crippen LogP contribution < -0.4 is 14.2 Å². The number of hydrogen-bond acceptors (Lipinski definition) is 6. The van der Waals surface area contributed by atoms with E-state index in [1.165, 1.54) is 24.3 Å². The molecule has 196 valence electrons. The van der Waals surface area contributed by atoms with Crippen molar-refractivity contribution in [3.63, 3.8) is 0 Å². The minimum atomic E-state index is -3.72. The molecule has 1 N–H and O–H groups in total. The molecule has 1 aliphatic heterocycles. The Morgan fingerprint density at radius 1 is 1.05 bits per heavy atom. The van der Waals surface area contributed by atoms with Gasteiger partial charge in [0, 0.05) is 23.7 Å². The van der Waals surface area contributed by atoms with E-state index < -0.39 is 10.1 Å². The Hall–Kier alpha value is -3.43. The van der Waals surface area contributed by atoms with E-state index in [0.717, 1.165) is 48.9 Å². The van der Waals surface area contributed by atoms with Gasteiger partial charge in [-0.25, -0.2) is 4.39 Å². The zero-order chi connectivity index (χ0) is 26.4. The highest BCUT2D eigenvalue weighted by Crippen LogP contribution is 2.32. The summed E-state index contributed by atoms with van der Waals surface area (Å²) in [4.78, 5) is 15.6. The third-order valence-electron chi connectivity index (χ3n) is 6.19. The standard InChI is InChI=1S/C28H31FN2O5S/c1-3-35-27-17-20(7-12-26(27)21-8-10-23(29)11-9-21)19-31(24-13-15-30-16-14-24)28(32)22-5-4-6-25(18-22)36-37(2,33)34/h4-12,17-18,24,30H,3,13-16,19H2,1-2H3. The van der Waals surface area contributed by atoms with Gasteiger partial charge in [0.1, 0.15) is 17.3 Å². The lowest BCUT2D eigenvalue weighted by atomic mass is 9.99. The van der Waals surface area contributed by atoms with Crippen LogP contribution in [0.15, 0.2) is 66.7 Å². The van der Waals surface area contributed by atoms with Crippen molar-refractivity contribution in [3.05, 3.63) is 83.7 Å². The second kappa shape index (κ2) is 11.7. The minimum Gasteiger partial charge on any atom is -0.493 e. The molecule has 0 saturated carbocycles. The van der Waals surface area contributed by atoms with E-state index in [0.29, 0.717) is 24.5 Å². The van der Waals surface area contributed by atoms with Crippen molar-refractivity contribution < 1.29 is 26.5 Å². The Morgan fingerprint density at radius 3 is 2.46 bits per heavy atom. The van der Waals surface area contributed by atoms with Crippen molar-refractivity contribution in [2.75, 3.05) is 26.0 Å². The first-order valence-corrected chi connectivity index (χ1v) is 14.1. The van der Waals surface area contributed by atoms with Crippen molar-refractivity contribution in [1.82, 2.24) is 10.2 Å². The number of amides is 1. The topological polar surface area (TPSA) is 84.9 Å². The zero-order valence-corrected chi connectivity index (χ0v) is 21.8. The molecule has 3 aromatic carbocycles. The normalized spacial score (nSPS) is 14.2. The van der Waals surface area contributed by atoms with Crippen LogP contribution in [0.5, 0.6) is 11.5 Å². The molecule has 1 heterocycles. The van der Waals surface area contributed by atoms with E-state index >= 15 is 0 Å². The molecule has 3 aromatic rings.